The fraction of sp³-hybridized carbons (Fsp3) is 0.778. The van der Waals surface area contributed by atoms with Crippen LogP contribution in [0.5, 0.6) is 0 Å². The van der Waals surface area contributed by atoms with E-state index in [0.29, 0.717) is 45.3 Å². The van der Waals surface area contributed by atoms with Crippen molar-refractivity contribution < 1.29 is 32.7 Å². The Morgan fingerprint density at radius 3 is 2.38 bits per heavy atom. The maximum absolute atomic E-state index is 13.3. The second-order valence-corrected chi connectivity index (χ2v) is 10.3. The molecule has 1 heterocycles. The fourth-order valence-electron chi connectivity index (χ4n) is 5.07. The molecular formula is C27H46F3N5O4. The number of morpholine rings is 1. The first-order chi connectivity index (χ1) is 18.6. The lowest BCUT2D eigenvalue weighted by atomic mass is 9.81. The van der Waals surface area contributed by atoms with E-state index in [2.05, 4.69) is 22.0 Å². The summed E-state index contributed by atoms with van der Waals surface area (Å²) < 4.78 is 45.0. The van der Waals surface area contributed by atoms with Crippen LogP contribution in [-0.2, 0) is 9.53 Å². The molecule has 1 aliphatic heterocycles. The molecule has 0 aromatic rings. The van der Waals surface area contributed by atoms with Crippen molar-refractivity contribution in [2.24, 2.45) is 11.8 Å². The maximum atomic E-state index is 13.3. The number of nitrogens with one attached hydrogen (secondary N) is 2. The van der Waals surface area contributed by atoms with Gasteiger partial charge >= 0.3 is 12.2 Å². The second kappa shape index (κ2) is 16.8. The number of alkyl halides is 3. The number of rotatable bonds is 13. The Balaban J connectivity index is 1.98. The molecule has 0 radical (unpaired) electrons. The molecule has 12 heteroatoms. The third-order valence-electron chi connectivity index (χ3n) is 7.72. The summed E-state index contributed by atoms with van der Waals surface area (Å²) in [5, 5.41) is 11.9. The number of hydrogen-bond donors (Lipinski definition) is 3. The summed E-state index contributed by atoms with van der Waals surface area (Å²) in [7, 11) is 0. The van der Waals surface area contributed by atoms with Crippen LogP contribution in [-0.4, -0.2) is 110 Å². The van der Waals surface area contributed by atoms with E-state index in [0.717, 1.165) is 58.1 Å². The van der Waals surface area contributed by atoms with Crippen LogP contribution in [0.1, 0.15) is 46.5 Å². The lowest BCUT2D eigenvalue weighted by Crippen LogP contribution is -2.49. The zero-order chi connectivity index (χ0) is 28.8. The van der Waals surface area contributed by atoms with Gasteiger partial charge in [-0.05, 0) is 52.0 Å². The molecular weight excluding hydrogens is 515 g/mol. The Bertz CT molecular complexity index is 810. The van der Waals surface area contributed by atoms with Crippen LogP contribution in [0.25, 0.3) is 0 Å². The lowest BCUT2D eigenvalue weighted by Gasteiger charge is -2.35. The van der Waals surface area contributed by atoms with Crippen LogP contribution in [0.2, 0.25) is 0 Å². The fourth-order valence-corrected chi connectivity index (χ4v) is 5.07. The van der Waals surface area contributed by atoms with Gasteiger partial charge < -0.3 is 19.9 Å². The number of hydrogen-bond acceptors (Lipinski definition) is 6. The molecule has 1 saturated heterocycles. The monoisotopic (exact) mass is 561 g/mol. The van der Waals surface area contributed by atoms with Crippen molar-refractivity contribution in [2.45, 2.75) is 58.7 Å². The number of ether oxygens (including phenoxy) is 1. The molecule has 2 rings (SSSR count). The highest BCUT2D eigenvalue weighted by Gasteiger charge is 2.32. The van der Waals surface area contributed by atoms with Gasteiger partial charge in [-0.15, -0.1) is 0 Å². The van der Waals surface area contributed by atoms with Gasteiger partial charge in [0.15, 0.2) is 0 Å². The van der Waals surface area contributed by atoms with Gasteiger partial charge in [0.1, 0.15) is 0 Å². The zero-order valence-corrected chi connectivity index (χ0v) is 23.5. The number of urea groups is 1. The standard InChI is InChI=1S/C27H46F3N5O4/c1-4-24(27(28,29)30)11-6-21(3)35(20-22-7-9-23(10-8-22)25(36)32-38)26(37)31-12-13-33(5-2)14-15-34-16-18-39-19-17-34/h4,6,11,21-23,38H,5,7-10,12-20H2,1-3H3,(H,31,37)(H,32,36)/b11-6-,24-4+. The minimum absolute atomic E-state index is 0.110. The zero-order valence-electron chi connectivity index (χ0n) is 23.5. The van der Waals surface area contributed by atoms with Crippen LogP contribution < -0.4 is 10.8 Å². The van der Waals surface area contributed by atoms with Crippen LogP contribution in [0.15, 0.2) is 23.8 Å². The molecule has 1 atom stereocenters. The molecule has 0 spiro atoms. The smallest absolute Gasteiger partial charge is 0.379 e. The molecule has 1 saturated carbocycles. The third kappa shape index (κ3) is 11.5. The van der Waals surface area contributed by atoms with Gasteiger partial charge in [0.2, 0.25) is 5.91 Å². The highest BCUT2D eigenvalue weighted by Crippen LogP contribution is 2.30. The average Bonchev–Trinajstić information content (AvgIpc) is 2.93. The molecule has 39 heavy (non-hydrogen) atoms. The first-order valence-electron chi connectivity index (χ1n) is 14.0. The SMILES string of the molecule is C/C=C(\C=C/C(C)N(CC1CCC(C(=O)NO)CC1)C(=O)NCCN(CC)CCN1CCOCC1)C(F)(F)F. The van der Waals surface area contributed by atoms with E-state index >= 15 is 0 Å². The number of amides is 3. The second-order valence-electron chi connectivity index (χ2n) is 10.3. The Kier molecular flexibility index (Phi) is 14.3. The van der Waals surface area contributed by atoms with E-state index in [-0.39, 0.29) is 17.9 Å². The van der Waals surface area contributed by atoms with E-state index in [9.17, 15) is 22.8 Å². The van der Waals surface area contributed by atoms with Gasteiger partial charge in [0.25, 0.3) is 0 Å². The number of carbonyl (C=O) groups is 2. The summed E-state index contributed by atoms with van der Waals surface area (Å²) in [6.07, 6.45) is 1.53. The van der Waals surface area contributed by atoms with Gasteiger partial charge in [-0.25, -0.2) is 10.3 Å². The van der Waals surface area contributed by atoms with Crippen LogP contribution >= 0.6 is 0 Å². The van der Waals surface area contributed by atoms with Gasteiger partial charge in [0.05, 0.1) is 18.8 Å². The first-order valence-corrected chi connectivity index (χ1v) is 14.0. The number of carbonyl (C=O) groups excluding carboxylic acids is 2. The van der Waals surface area contributed by atoms with Gasteiger partial charge in [-0.1, -0.05) is 25.2 Å². The average molecular weight is 562 g/mol. The Hall–Kier alpha value is -2.15. The highest BCUT2D eigenvalue weighted by atomic mass is 19.4. The van der Waals surface area contributed by atoms with E-state index in [4.69, 9.17) is 9.94 Å². The van der Waals surface area contributed by atoms with Crippen LogP contribution in [0.4, 0.5) is 18.0 Å². The van der Waals surface area contributed by atoms with Crippen LogP contribution in [0.3, 0.4) is 0 Å². The molecule has 1 unspecified atom stereocenters. The quantitative estimate of drug-likeness (QED) is 0.181. The van der Waals surface area contributed by atoms with E-state index < -0.39 is 23.7 Å². The van der Waals surface area contributed by atoms with E-state index in [1.807, 2.05) is 0 Å². The van der Waals surface area contributed by atoms with Crippen molar-refractivity contribution in [3.05, 3.63) is 23.8 Å². The van der Waals surface area contributed by atoms with Gasteiger partial charge in [-0.2, -0.15) is 13.2 Å². The largest absolute Gasteiger partial charge is 0.416 e. The molecule has 1 aliphatic carbocycles. The molecule has 0 aromatic heterocycles. The third-order valence-corrected chi connectivity index (χ3v) is 7.72. The molecule has 3 N–H and O–H groups in total. The number of allylic oxidation sites excluding steroid dienone is 3. The normalized spacial score (nSPS) is 22.2. The summed E-state index contributed by atoms with van der Waals surface area (Å²) in [4.78, 5) is 31.2. The Morgan fingerprint density at radius 2 is 1.82 bits per heavy atom. The van der Waals surface area contributed by atoms with E-state index in [1.54, 1.807) is 17.3 Å². The Labute approximate surface area is 230 Å². The molecule has 0 aromatic carbocycles. The summed E-state index contributed by atoms with van der Waals surface area (Å²) in [6.45, 7) is 12.6. The number of hydroxylamine groups is 1. The summed E-state index contributed by atoms with van der Waals surface area (Å²) in [6, 6.07) is -0.884. The predicted octanol–water partition coefficient (Wildman–Crippen LogP) is 3.42. The summed E-state index contributed by atoms with van der Waals surface area (Å²) in [5.41, 5.74) is 0.944. The molecule has 0 bridgehead atoms. The molecule has 224 valence electrons. The van der Waals surface area contributed by atoms with Gasteiger partial charge in [0, 0.05) is 57.8 Å². The minimum Gasteiger partial charge on any atom is -0.379 e. The van der Waals surface area contributed by atoms with E-state index in [1.165, 1.54) is 13.0 Å². The van der Waals surface area contributed by atoms with Crippen molar-refractivity contribution in [2.75, 3.05) is 65.6 Å². The van der Waals surface area contributed by atoms with Crippen molar-refractivity contribution >= 4 is 11.9 Å². The number of nitrogens with zero attached hydrogens (tertiary/aromatic N) is 3. The maximum Gasteiger partial charge on any atom is 0.416 e. The molecule has 3 amide bonds. The first kappa shape index (κ1) is 33.1. The van der Waals surface area contributed by atoms with Crippen molar-refractivity contribution in [1.29, 1.82) is 0 Å². The number of likely N-dealkylation sites (N-methyl/N-ethyl adjacent to an activating group) is 1. The van der Waals surface area contributed by atoms with Crippen LogP contribution in [0, 0.1) is 11.8 Å². The van der Waals surface area contributed by atoms with Crippen molar-refractivity contribution in [1.82, 2.24) is 25.5 Å². The van der Waals surface area contributed by atoms with Gasteiger partial charge in [-0.3, -0.25) is 14.9 Å². The lowest BCUT2D eigenvalue weighted by molar-refractivity contribution is -0.134. The van der Waals surface area contributed by atoms with Crippen molar-refractivity contribution in [3.8, 4) is 0 Å². The Morgan fingerprint density at radius 1 is 1.15 bits per heavy atom. The topological polar surface area (TPSA) is 97.4 Å². The molecule has 9 nitrogen and oxygen atoms in total. The predicted molar refractivity (Wildman–Crippen MR) is 143 cm³/mol. The molecule has 2 aliphatic rings. The summed E-state index contributed by atoms with van der Waals surface area (Å²) >= 11 is 0. The highest BCUT2D eigenvalue weighted by molar-refractivity contribution is 5.77. The number of halogens is 3. The van der Waals surface area contributed by atoms with Crippen molar-refractivity contribution in [3.63, 3.8) is 0 Å². The summed E-state index contributed by atoms with van der Waals surface area (Å²) in [5.74, 6) is -0.564. The molecule has 2 fully saturated rings. The minimum atomic E-state index is -4.46.